The largest absolute Gasteiger partial charge is 0.273 e. The van der Waals surface area contributed by atoms with Gasteiger partial charge in [0.2, 0.25) is 11.8 Å². The Bertz CT molecular complexity index is 406. The lowest BCUT2D eigenvalue weighted by molar-refractivity contribution is -0.124. The molecule has 15 heavy (non-hydrogen) atoms. The van der Waals surface area contributed by atoms with Gasteiger partial charge in [0.25, 0.3) is 0 Å². The van der Waals surface area contributed by atoms with Gasteiger partial charge in [-0.1, -0.05) is 17.7 Å². The highest BCUT2D eigenvalue weighted by atomic mass is 35.5. The molecule has 0 N–H and O–H groups in total. The van der Waals surface area contributed by atoms with Crippen LogP contribution in [0, 0.1) is 0 Å². The lowest BCUT2D eigenvalue weighted by atomic mass is 10.3. The number of rotatable bonds is 1. The molecule has 1 aromatic rings. The lowest BCUT2D eigenvalue weighted by Gasteiger charge is -2.24. The van der Waals surface area contributed by atoms with E-state index in [-0.39, 0.29) is 11.8 Å². The third kappa shape index (κ3) is 2.16. The molecule has 0 aromatic heterocycles. The van der Waals surface area contributed by atoms with Crippen LogP contribution in [0.3, 0.4) is 0 Å². The molecule has 0 unspecified atom stereocenters. The molecule has 0 saturated carbocycles. The minimum atomic E-state index is -0.182. The van der Waals surface area contributed by atoms with Crippen LogP contribution in [-0.2, 0) is 9.59 Å². The van der Waals surface area contributed by atoms with Gasteiger partial charge in [-0.05, 0) is 18.2 Å². The highest BCUT2D eigenvalue weighted by molar-refractivity contribution is 8.00. The number of halogens is 1. The van der Waals surface area contributed by atoms with E-state index in [1.165, 1.54) is 16.7 Å². The van der Waals surface area contributed by atoms with Crippen molar-refractivity contribution in [3.05, 3.63) is 29.3 Å². The monoisotopic (exact) mass is 241 g/mol. The molecule has 1 aliphatic rings. The van der Waals surface area contributed by atoms with E-state index in [4.69, 9.17) is 11.6 Å². The topological polar surface area (TPSA) is 37.4 Å². The fourth-order valence-corrected chi connectivity index (χ4v) is 2.29. The number of benzene rings is 1. The van der Waals surface area contributed by atoms with E-state index in [2.05, 4.69) is 0 Å². The van der Waals surface area contributed by atoms with E-state index in [1.807, 2.05) is 0 Å². The van der Waals surface area contributed by atoms with E-state index < -0.39 is 0 Å². The van der Waals surface area contributed by atoms with Crippen LogP contribution < -0.4 is 4.90 Å². The predicted molar refractivity (Wildman–Crippen MR) is 61.3 cm³/mol. The van der Waals surface area contributed by atoms with E-state index in [9.17, 15) is 9.59 Å². The molecular weight excluding hydrogens is 234 g/mol. The lowest BCUT2D eigenvalue weighted by Crippen LogP contribution is -2.43. The Kier molecular flexibility index (Phi) is 2.98. The van der Waals surface area contributed by atoms with E-state index >= 15 is 0 Å². The van der Waals surface area contributed by atoms with Gasteiger partial charge < -0.3 is 0 Å². The van der Waals surface area contributed by atoms with Crippen molar-refractivity contribution in [3.8, 4) is 0 Å². The third-order valence-electron chi connectivity index (χ3n) is 2.02. The summed E-state index contributed by atoms with van der Waals surface area (Å²) in [5.41, 5.74) is 0.554. The molecule has 2 amide bonds. The molecule has 5 heteroatoms. The molecule has 0 aliphatic carbocycles. The molecule has 0 atom stereocenters. The van der Waals surface area contributed by atoms with Crippen molar-refractivity contribution in [1.29, 1.82) is 0 Å². The molecule has 1 heterocycles. The normalized spacial score (nSPS) is 17.0. The fourth-order valence-electron chi connectivity index (χ4n) is 1.40. The van der Waals surface area contributed by atoms with Gasteiger partial charge in [-0.25, -0.2) is 4.90 Å². The molecule has 78 valence electrons. The van der Waals surface area contributed by atoms with Gasteiger partial charge in [-0.2, -0.15) is 0 Å². The average molecular weight is 242 g/mol. The Morgan fingerprint density at radius 3 is 2.47 bits per heavy atom. The number of amides is 2. The Morgan fingerprint density at radius 2 is 1.87 bits per heavy atom. The number of anilines is 1. The van der Waals surface area contributed by atoms with Crippen LogP contribution in [0.15, 0.2) is 24.3 Å². The molecule has 1 aromatic carbocycles. The summed E-state index contributed by atoms with van der Waals surface area (Å²) in [6.07, 6.45) is 0. The molecule has 1 aliphatic heterocycles. The van der Waals surface area contributed by atoms with Gasteiger partial charge in [-0.3, -0.25) is 9.59 Å². The van der Waals surface area contributed by atoms with E-state index in [0.29, 0.717) is 22.2 Å². The van der Waals surface area contributed by atoms with Gasteiger partial charge in [0.1, 0.15) is 0 Å². The maximum Gasteiger partial charge on any atom is 0.243 e. The number of carbonyl (C=O) groups is 2. The van der Waals surface area contributed by atoms with Crippen LogP contribution in [0.25, 0.3) is 0 Å². The number of carbonyl (C=O) groups excluding carboxylic acids is 2. The van der Waals surface area contributed by atoms with Crippen LogP contribution >= 0.6 is 23.4 Å². The number of hydrogen-bond donors (Lipinski definition) is 0. The van der Waals surface area contributed by atoms with E-state index in [0.717, 1.165) is 0 Å². The molecule has 2 rings (SSSR count). The van der Waals surface area contributed by atoms with Crippen molar-refractivity contribution >= 4 is 40.9 Å². The Morgan fingerprint density at radius 1 is 1.20 bits per heavy atom. The summed E-state index contributed by atoms with van der Waals surface area (Å²) in [6.45, 7) is 0. The molecule has 0 radical (unpaired) electrons. The van der Waals surface area contributed by atoms with Crippen molar-refractivity contribution in [2.45, 2.75) is 0 Å². The first-order valence-corrected chi connectivity index (χ1v) is 5.91. The standard InChI is InChI=1S/C10H8ClNO2S/c11-7-2-1-3-8(4-7)12-9(13)5-15-6-10(12)14/h1-4H,5-6H2. The van der Waals surface area contributed by atoms with Crippen LogP contribution in [0.5, 0.6) is 0 Å². The summed E-state index contributed by atoms with van der Waals surface area (Å²) in [5.74, 6) is 0.327. The minimum absolute atomic E-state index is 0.182. The van der Waals surface area contributed by atoms with Gasteiger partial charge >= 0.3 is 0 Å². The SMILES string of the molecule is O=C1CSCC(=O)N1c1cccc(Cl)c1. The zero-order valence-corrected chi connectivity index (χ0v) is 9.35. The maximum atomic E-state index is 11.6. The number of hydrogen-bond acceptors (Lipinski definition) is 3. The van der Waals surface area contributed by atoms with Crippen LogP contribution in [-0.4, -0.2) is 23.3 Å². The van der Waals surface area contributed by atoms with Crippen molar-refractivity contribution in [3.63, 3.8) is 0 Å². The van der Waals surface area contributed by atoms with Gasteiger partial charge in [-0.15, -0.1) is 11.8 Å². The molecular formula is C10H8ClNO2S. The molecule has 3 nitrogen and oxygen atoms in total. The molecule has 1 fully saturated rings. The predicted octanol–water partition coefficient (Wildman–Crippen LogP) is 1.95. The van der Waals surface area contributed by atoms with Crippen molar-refractivity contribution in [1.82, 2.24) is 0 Å². The summed E-state index contributed by atoms with van der Waals surface area (Å²) in [7, 11) is 0. The zero-order chi connectivity index (χ0) is 10.8. The Hall–Kier alpha value is -1.00. The highest BCUT2D eigenvalue weighted by Crippen LogP contribution is 2.23. The summed E-state index contributed by atoms with van der Waals surface area (Å²) < 4.78 is 0. The molecule has 0 spiro atoms. The second-order valence-corrected chi connectivity index (χ2v) is 4.52. The van der Waals surface area contributed by atoms with Crippen molar-refractivity contribution in [2.24, 2.45) is 0 Å². The molecule has 1 saturated heterocycles. The minimum Gasteiger partial charge on any atom is -0.273 e. The van der Waals surface area contributed by atoms with Crippen LogP contribution in [0.2, 0.25) is 5.02 Å². The molecule has 0 bridgehead atoms. The number of imide groups is 1. The fraction of sp³-hybridized carbons (Fsp3) is 0.200. The third-order valence-corrected chi connectivity index (χ3v) is 3.15. The quantitative estimate of drug-likeness (QED) is 0.706. The van der Waals surface area contributed by atoms with Gasteiger partial charge in [0, 0.05) is 5.02 Å². The second-order valence-electron chi connectivity index (χ2n) is 3.10. The zero-order valence-electron chi connectivity index (χ0n) is 7.77. The highest BCUT2D eigenvalue weighted by Gasteiger charge is 2.27. The van der Waals surface area contributed by atoms with Gasteiger partial charge in [0.15, 0.2) is 0 Å². The maximum absolute atomic E-state index is 11.6. The summed E-state index contributed by atoms with van der Waals surface area (Å²) in [6, 6.07) is 6.75. The van der Waals surface area contributed by atoms with Crippen molar-refractivity contribution in [2.75, 3.05) is 16.4 Å². The number of thioether (sulfide) groups is 1. The summed E-state index contributed by atoms with van der Waals surface area (Å²) >= 11 is 7.15. The number of nitrogens with zero attached hydrogens (tertiary/aromatic N) is 1. The average Bonchev–Trinajstić information content (AvgIpc) is 2.17. The van der Waals surface area contributed by atoms with E-state index in [1.54, 1.807) is 24.3 Å². The second kappa shape index (κ2) is 4.24. The first kappa shape index (κ1) is 10.5. The summed E-state index contributed by atoms with van der Waals surface area (Å²) in [4.78, 5) is 24.3. The summed E-state index contributed by atoms with van der Waals surface area (Å²) in [5, 5.41) is 0.520. The smallest absolute Gasteiger partial charge is 0.243 e. The van der Waals surface area contributed by atoms with Crippen molar-refractivity contribution < 1.29 is 9.59 Å². The Labute approximate surface area is 96.4 Å². The first-order valence-electron chi connectivity index (χ1n) is 4.37. The Balaban J connectivity index is 2.35. The van der Waals surface area contributed by atoms with Crippen LogP contribution in [0.4, 0.5) is 5.69 Å². The van der Waals surface area contributed by atoms with Gasteiger partial charge in [0.05, 0.1) is 17.2 Å². The van der Waals surface area contributed by atoms with Crippen LogP contribution in [0.1, 0.15) is 0 Å². The first-order chi connectivity index (χ1) is 7.18.